The molecule has 0 fully saturated rings. The lowest BCUT2D eigenvalue weighted by Crippen LogP contribution is -2.38. The van der Waals surface area contributed by atoms with E-state index in [1.165, 1.54) is 21.2 Å². The van der Waals surface area contributed by atoms with Crippen molar-refractivity contribution in [2.45, 2.75) is 9.79 Å². The highest BCUT2D eigenvalue weighted by molar-refractivity contribution is 7.99. The molecule has 2 N–H and O–H groups in total. The summed E-state index contributed by atoms with van der Waals surface area (Å²) in [5, 5.41) is 7.15. The maximum Gasteiger partial charge on any atom is 0.172 e. The third-order valence-corrected chi connectivity index (χ3v) is 5.34. The fourth-order valence-corrected chi connectivity index (χ4v) is 4.08. The molecule has 1 heterocycles. The van der Waals surface area contributed by atoms with Gasteiger partial charge < -0.3 is 15.5 Å². The summed E-state index contributed by atoms with van der Waals surface area (Å²) in [6.07, 6.45) is 0. The van der Waals surface area contributed by atoms with Gasteiger partial charge >= 0.3 is 0 Å². The maximum absolute atomic E-state index is 5.45. The van der Waals surface area contributed by atoms with Gasteiger partial charge in [0.05, 0.1) is 18.0 Å². The molecular formula is C20H17N3S2. The van der Waals surface area contributed by atoms with E-state index >= 15 is 0 Å². The van der Waals surface area contributed by atoms with Crippen LogP contribution in [0.25, 0.3) is 0 Å². The first kappa shape index (κ1) is 16.0. The minimum Gasteiger partial charge on any atom is -0.345 e. The molecule has 1 aliphatic heterocycles. The topological polar surface area (TPSA) is 27.3 Å². The molecule has 124 valence electrons. The van der Waals surface area contributed by atoms with E-state index in [4.69, 9.17) is 12.2 Å². The van der Waals surface area contributed by atoms with Crippen LogP contribution in [0.1, 0.15) is 0 Å². The van der Waals surface area contributed by atoms with Crippen LogP contribution < -0.4 is 15.5 Å². The number of nitrogens with one attached hydrogen (secondary N) is 2. The Labute approximate surface area is 157 Å². The monoisotopic (exact) mass is 363 g/mol. The Kier molecular flexibility index (Phi) is 4.59. The number of anilines is 3. The van der Waals surface area contributed by atoms with Crippen LogP contribution in [0.2, 0.25) is 0 Å². The molecule has 3 aromatic carbocycles. The summed E-state index contributed by atoms with van der Waals surface area (Å²) in [4.78, 5) is 4.77. The second-order valence-electron chi connectivity index (χ2n) is 5.62. The number of benzene rings is 3. The van der Waals surface area contributed by atoms with Gasteiger partial charge in [0, 0.05) is 15.5 Å². The molecular weight excluding hydrogens is 346 g/mol. The van der Waals surface area contributed by atoms with Gasteiger partial charge in [0.25, 0.3) is 0 Å². The van der Waals surface area contributed by atoms with E-state index in [-0.39, 0.29) is 0 Å². The SMILES string of the molecule is S=C(NCN1c2ccccc2Sc2ccccc21)Nc1ccccc1. The number of hydrogen-bond acceptors (Lipinski definition) is 3. The molecule has 0 aromatic heterocycles. The van der Waals surface area contributed by atoms with E-state index in [1.807, 2.05) is 30.3 Å². The molecule has 0 radical (unpaired) electrons. The van der Waals surface area contributed by atoms with E-state index in [0.29, 0.717) is 11.8 Å². The molecule has 0 amide bonds. The van der Waals surface area contributed by atoms with E-state index in [2.05, 4.69) is 64.1 Å². The van der Waals surface area contributed by atoms with Gasteiger partial charge in [0.15, 0.2) is 5.11 Å². The van der Waals surface area contributed by atoms with Gasteiger partial charge in [0.2, 0.25) is 0 Å². The zero-order valence-electron chi connectivity index (χ0n) is 13.5. The zero-order chi connectivity index (χ0) is 17.1. The predicted octanol–water partition coefficient (Wildman–Crippen LogP) is 5.23. The van der Waals surface area contributed by atoms with Crippen molar-refractivity contribution < 1.29 is 0 Å². The molecule has 3 nitrogen and oxygen atoms in total. The highest BCUT2D eigenvalue weighted by Gasteiger charge is 2.22. The number of thiocarbonyl (C=S) groups is 1. The molecule has 4 rings (SSSR count). The maximum atomic E-state index is 5.45. The normalized spacial score (nSPS) is 12.1. The van der Waals surface area contributed by atoms with Crippen LogP contribution in [-0.2, 0) is 0 Å². The van der Waals surface area contributed by atoms with E-state index in [9.17, 15) is 0 Å². The molecule has 0 atom stereocenters. The summed E-state index contributed by atoms with van der Waals surface area (Å²) in [6.45, 7) is 0.604. The summed E-state index contributed by atoms with van der Waals surface area (Å²) >= 11 is 7.25. The molecule has 25 heavy (non-hydrogen) atoms. The second kappa shape index (κ2) is 7.17. The first-order valence-corrected chi connectivity index (χ1v) is 9.27. The summed E-state index contributed by atoms with van der Waals surface area (Å²) in [6, 6.07) is 26.8. The van der Waals surface area contributed by atoms with Gasteiger partial charge in [-0.3, -0.25) is 0 Å². The lowest BCUT2D eigenvalue weighted by molar-refractivity contribution is 0.865. The minimum absolute atomic E-state index is 0.604. The average Bonchev–Trinajstić information content (AvgIpc) is 2.66. The van der Waals surface area contributed by atoms with E-state index < -0.39 is 0 Å². The van der Waals surface area contributed by atoms with Crippen LogP contribution in [0, 0.1) is 0 Å². The van der Waals surface area contributed by atoms with Gasteiger partial charge in [0.1, 0.15) is 0 Å². The first-order chi connectivity index (χ1) is 12.3. The van der Waals surface area contributed by atoms with Crippen molar-refractivity contribution in [3.63, 3.8) is 0 Å². The van der Waals surface area contributed by atoms with Crippen molar-refractivity contribution >= 4 is 46.2 Å². The second-order valence-corrected chi connectivity index (χ2v) is 7.11. The number of rotatable bonds is 3. The molecule has 0 bridgehead atoms. The fourth-order valence-electron chi connectivity index (χ4n) is 2.80. The average molecular weight is 364 g/mol. The minimum atomic E-state index is 0.604. The smallest absolute Gasteiger partial charge is 0.172 e. The Morgan fingerprint density at radius 2 is 1.36 bits per heavy atom. The first-order valence-electron chi connectivity index (χ1n) is 8.04. The highest BCUT2D eigenvalue weighted by Crippen LogP contribution is 2.47. The van der Waals surface area contributed by atoms with Crippen LogP contribution in [0.5, 0.6) is 0 Å². The molecule has 1 aliphatic rings. The van der Waals surface area contributed by atoms with Crippen molar-refractivity contribution in [3.8, 4) is 0 Å². The molecule has 0 spiro atoms. The third-order valence-electron chi connectivity index (χ3n) is 3.96. The number of nitrogens with zero attached hydrogens (tertiary/aromatic N) is 1. The molecule has 5 heteroatoms. The lowest BCUT2D eigenvalue weighted by atomic mass is 10.2. The molecule has 0 saturated carbocycles. The number of fused-ring (bicyclic) bond motifs is 2. The van der Waals surface area contributed by atoms with Crippen LogP contribution in [-0.4, -0.2) is 11.8 Å². The van der Waals surface area contributed by atoms with Crippen molar-refractivity contribution in [1.29, 1.82) is 0 Å². The molecule has 0 aliphatic carbocycles. The van der Waals surface area contributed by atoms with E-state index in [0.717, 1.165) is 5.69 Å². The van der Waals surface area contributed by atoms with E-state index in [1.54, 1.807) is 11.8 Å². The van der Waals surface area contributed by atoms with Gasteiger partial charge in [-0.05, 0) is 48.6 Å². The zero-order valence-corrected chi connectivity index (χ0v) is 15.1. The Hall–Kier alpha value is -2.50. The molecule has 3 aromatic rings. The van der Waals surface area contributed by atoms with Crippen molar-refractivity contribution in [2.24, 2.45) is 0 Å². The molecule has 0 saturated heterocycles. The molecule has 0 unspecified atom stereocenters. The summed E-state index contributed by atoms with van der Waals surface area (Å²) < 4.78 is 0. The Morgan fingerprint density at radius 1 is 0.800 bits per heavy atom. The van der Waals surface area contributed by atoms with Gasteiger partial charge in [-0.1, -0.05) is 54.2 Å². The number of para-hydroxylation sites is 3. The highest BCUT2D eigenvalue weighted by atomic mass is 32.2. The fraction of sp³-hybridized carbons (Fsp3) is 0.0500. The standard InChI is InChI=1S/C20H17N3S2/c24-20(22-15-8-2-1-3-9-15)21-14-23-16-10-4-6-12-18(16)25-19-13-7-5-11-17(19)23/h1-13H,14H2,(H2,21,22,24). The number of hydrogen-bond donors (Lipinski definition) is 2. The van der Waals surface area contributed by atoms with Crippen molar-refractivity contribution in [1.82, 2.24) is 5.32 Å². The summed E-state index contributed by atoms with van der Waals surface area (Å²) in [5.41, 5.74) is 3.37. The van der Waals surface area contributed by atoms with Crippen LogP contribution in [0.15, 0.2) is 88.7 Å². The summed E-state index contributed by atoms with van der Waals surface area (Å²) in [5.74, 6) is 0. The third kappa shape index (κ3) is 3.48. The summed E-state index contributed by atoms with van der Waals surface area (Å²) in [7, 11) is 0. The Morgan fingerprint density at radius 3 is 2.00 bits per heavy atom. The predicted molar refractivity (Wildman–Crippen MR) is 110 cm³/mol. The van der Waals surface area contributed by atoms with Gasteiger partial charge in [-0.2, -0.15) is 0 Å². The van der Waals surface area contributed by atoms with Gasteiger partial charge in [-0.15, -0.1) is 0 Å². The lowest BCUT2D eigenvalue weighted by Gasteiger charge is -2.33. The Balaban J connectivity index is 1.53. The quantitative estimate of drug-likeness (QED) is 0.621. The van der Waals surface area contributed by atoms with Crippen molar-refractivity contribution in [3.05, 3.63) is 78.9 Å². The van der Waals surface area contributed by atoms with Crippen LogP contribution in [0.3, 0.4) is 0 Å². The largest absolute Gasteiger partial charge is 0.345 e. The van der Waals surface area contributed by atoms with Crippen LogP contribution >= 0.6 is 24.0 Å². The van der Waals surface area contributed by atoms with Gasteiger partial charge in [-0.25, -0.2) is 0 Å². The van der Waals surface area contributed by atoms with Crippen LogP contribution in [0.4, 0.5) is 17.1 Å². The van der Waals surface area contributed by atoms with Crippen molar-refractivity contribution in [2.75, 3.05) is 16.9 Å². The Bertz CT molecular complexity index is 851.